The van der Waals surface area contributed by atoms with Gasteiger partial charge in [0.2, 0.25) is 0 Å². The molecule has 17 heavy (non-hydrogen) atoms. The van der Waals surface area contributed by atoms with Crippen molar-refractivity contribution < 1.29 is 4.74 Å². The lowest BCUT2D eigenvalue weighted by atomic mass is 9.98. The van der Waals surface area contributed by atoms with Crippen molar-refractivity contribution in [1.29, 1.82) is 0 Å². The van der Waals surface area contributed by atoms with Gasteiger partial charge in [0.15, 0.2) is 5.82 Å². The van der Waals surface area contributed by atoms with E-state index in [4.69, 9.17) is 10.5 Å². The zero-order valence-electron chi connectivity index (χ0n) is 10.1. The fraction of sp³-hybridized carbons (Fsp3) is 0.833. The predicted molar refractivity (Wildman–Crippen MR) is 63.2 cm³/mol. The van der Waals surface area contributed by atoms with Gasteiger partial charge in [-0.15, -0.1) is 0 Å². The second-order valence-electron chi connectivity index (χ2n) is 5.26. The molecule has 0 aromatic carbocycles. The fourth-order valence-corrected chi connectivity index (χ4v) is 3.13. The predicted octanol–water partition coefficient (Wildman–Crippen LogP) is 1.23. The smallest absolute Gasteiger partial charge is 0.164 e. The van der Waals surface area contributed by atoms with Crippen molar-refractivity contribution in [2.24, 2.45) is 5.73 Å². The Kier molecular flexibility index (Phi) is 2.88. The van der Waals surface area contributed by atoms with Gasteiger partial charge in [-0.05, 0) is 25.7 Å². The van der Waals surface area contributed by atoms with Gasteiger partial charge in [-0.3, -0.25) is 4.68 Å². The molecule has 2 heterocycles. The highest BCUT2D eigenvalue weighted by Gasteiger charge is 2.42. The molecule has 1 saturated heterocycles. The van der Waals surface area contributed by atoms with Crippen LogP contribution in [0.5, 0.6) is 0 Å². The highest BCUT2D eigenvalue weighted by Crippen LogP contribution is 2.43. The molecule has 2 fully saturated rings. The summed E-state index contributed by atoms with van der Waals surface area (Å²) in [6, 6.07) is 0. The van der Waals surface area contributed by atoms with Crippen molar-refractivity contribution in [1.82, 2.24) is 14.8 Å². The van der Waals surface area contributed by atoms with Crippen LogP contribution < -0.4 is 5.73 Å². The minimum absolute atomic E-state index is 0.210. The zero-order chi connectivity index (χ0) is 11.7. The monoisotopic (exact) mass is 236 g/mol. The molecule has 94 valence electrons. The van der Waals surface area contributed by atoms with E-state index in [1.807, 2.05) is 4.68 Å². The lowest BCUT2D eigenvalue weighted by Gasteiger charge is -2.23. The van der Waals surface area contributed by atoms with Crippen LogP contribution in [0, 0.1) is 0 Å². The summed E-state index contributed by atoms with van der Waals surface area (Å²) in [7, 11) is 0. The van der Waals surface area contributed by atoms with Crippen LogP contribution in [-0.4, -0.2) is 26.5 Å². The second kappa shape index (κ2) is 4.38. The molecule has 2 N–H and O–H groups in total. The summed E-state index contributed by atoms with van der Waals surface area (Å²) >= 11 is 0. The first kappa shape index (κ1) is 11.2. The molecule has 0 radical (unpaired) electrons. The molecule has 3 rings (SSSR count). The van der Waals surface area contributed by atoms with Crippen molar-refractivity contribution in [2.45, 2.75) is 63.3 Å². The molecule has 1 aromatic rings. The van der Waals surface area contributed by atoms with Gasteiger partial charge in [0.05, 0.1) is 24.8 Å². The molecular weight excluding hydrogens is 216 g/mol. The molecule has 1 saturated carbocycles. The number of ether oxygens (including phenoxy) is 1. The summed E-state index contributed by atoms with van der Waals surface area (Å²) in [5.41, 5.74) is 5.71. The number of hydrogen-bond acceptors (Lipinski definition) is 4. The number of hydrogen-bond donors (Lipinski definition) is 1. The maximum absolute atomic E-state index is 6.24. The van der Waals surface area contributed by atoms with Crippen LogP contribution in [0.25, 0.3) is 0 Å². The Morgan fingerprint density at radius 2 is 2.24 bits per heavy atom. The Labute approximate surface area is 101 Å². The Morgan fingerprint density at radius 1 is 1.41 bits per heavy atom. The van der Waals surface area contributed by atoms with E-state index in [0.29, 0.717) is 18.5 Å². The standard InChI is InChI=1S/C12H20N4O/c13-7-11-14-9-16(15-11)8-10-3-6-12(17-10)4-1-2-5-12/h9-10H,1-8,13H2. The third-order valence-electron chi connectivity index (χ3n) is 4.01. The van der Waals surface area contributed by atoms with Crippen molar-refractivity contribution in [3.8, 4) is 0 Å². The van der Waals surface area contributed by atoms with E-state index in [9.17, 15) is 0 Å². The zero-order valence-corrected chi connectivity index (χ0v) is 10.1. The highest BCUT2D eigenvalue weighted by molar-refractivity contribution is 4.93. The summed E-state index contributed by atoms with van der Waals surface area (Å²) in [4.78, 5) is 4.14. The van der Waals surface area contributed by atoms with E-state index in [1.54, 1.807) is 6.33 Å². The van der Waals surface area contributed by atoms with E-state index in [0.717, 1.165) is 13.0 Å². The van der Waals surface area contributed by atoms with Crippen LogP contribution in [0.15, 0.2) is 6.33 Å². The number of nitrogens with zero attached hydrogens (tertiary/aromatic N) is 3. The lowest BCUT2D eigenvalue weighted by molar-refractivity contribution is -0.0429. The third kappa shape index (κ3) is 2.21. The topological polar surface area (TPSA) is 66.0 Å². The largest absolute Gasteiger partial charge is 0.370 e. The van der Waals surface area contributed by atoms with E-state index >= 15 is 0 Å². The van der Waals surface area contributed by atoms with E-state index in [2.05, 4.69) is 10.1 Å². The summed E-state index contributed by atoms with van der Waals surface area (Å²) in [5, 5.41) is 4.31. The van der Waals surface area contributed by atoms with Crippen LogP contribution in [-0.2, 0) is 17.8 Å². The van der Waals surface area contributed by atoms with Gasteiger partial charge in [-0.1, -0.05) is 12.8 Å². The molecule has 1 aromatic heterocycles. The quantitative estimate of drug-likeness (QED) is 0.857. The first-order valence-electron chi connectivity index (χ1n) is 6.56. The molecule has 5 heteroatoms. The van der Waals surface area contributed by atoms with Gasteiger partial charge in [-0.2, -0.15) is 5.10 Å². The molecule has 1 spiro atoms. The van der Waals surface area contributed by atoms with Crippen molar-refractivity contribution in [3.05, 3.63) is 12.2 Å². The molecule has 0 bridgehead atoms. The normalized spacial score (nSPS) is 27.0. The Hall–Kier alpha value is -0.940. The van der Waals surface area contributed by atoms with E-state index in [-0.39, 0.29) is 5.60 Å². The molecule has 0 amide bonds. The second-order valence-corrected chi connectivity index (χ2v) is 5.26. The van der Waals surface area contributed by atoms with Crippen LogP contribution in [0.3, 0.4) is 0 Å². The summed E-state index contributed by atoms with van der Waals surface area (Å²) in [5.74, 6) is 0.707. The Morgan fingerprint density at radius 3 is 2.94 bits per heavy atom. The third-order valence-corrected chi connectivity index (χ3v) is 4.01. The maximum Gasteiger partial charge on any atom is 0.164 e. The minimum atomic E-state index is 0.210. The van der Waals surface area contributed by atoms with E-state index < -0.39 is 0 Å². The molecule has 1 unspecified atom stereocenters. The van der Waals surface area contributed by atoms with Gasteiger partial charge < -0.3 is 10.5 Å². The summed E-state index contributed by atoms with van der Waals surface area (Å²) in [6.45, 7) is 1.22. The Bertz CT molecular complexity index is 384. The molecule has 1 aliphatic heterocycles. The SMILES string of the molecule is NCc1ncn(CC2CCC3(CCCC3)O2)n1. The fourth-order valence-electron chi connectivity index (χ4n) is 3.13. The first-order valence-corrected chi connectivity index (χ1v) is 6.56. The molecule has 2 aliphatic rings. The molecule has 1 aliphatic carbocycles. The summed E-state index contributed by atoms with van der Waals surface area (Å²) in [6.07, 6.45) is 9.57. The maximum atomic E-state index is 6.24. The van der Waals surface area contributed by atoms with Crippen LogP contribution in [0.1, 0.15) is 44.3 Å². The highest BCUT2D eigenvalue weighted by atomic mass is 16.5. The van der Waals surface area contributed by atoms with Crippen LogP contribution in [0.4, 0.5) is 0 Å². The van der Waals surface area contributed by atoms with Crippen molar-refractivity contribution in [2.75, 3.05) is 0 Å². The van der Waals surface area contributed by atoms with Gasteiger partial charge in [0.1, 0.15) is 6.33 Å². The van der Waals surface area contributed by atoms with Crippen molar-refractivity contribution in [3.63, 3.8) is 0 Å². The molecule has 5 nitrogen and oxygen atoms in total. The number of aromatic nitrogens is 3. The first-order chi connectivity index (χ1) is 8.30. The number of rotatable bonds is 3. The van der Waals surface area contributed by atoms with Gasteiger partial charge in [-0.25, -0.2) is 4.98 Å². The van der Waals surface area contributed by atoms with Crippen molar-refractivity contribution >= 4 is 0 Å². The average molecular weight is 236 g/mol. The Balaban J connectivity index is 1.59. The van der Waals surface area contributed by atoms with Gasteiger partial charge in [0, 0.05) is 0 Å². The van der Waals surface area contributed by atoms with Gasteiger partial charge >= 0.3 is 0 Å². The molecule has 1 atom stereocenters. The number of nitrogens with two attached hydrogens (primary N) is 1. The average Bonchev–Trinajstić information content (AvgIpc) is 3.03. The molecular formula is C12H20N4O. The minimum Gasteiger partial charge on any atom is -0.370 e. The van der Waals surface area contributed by atoms with Crippen LogP contribution >= 0.6 is 0 Å². The van der Waals surface area contributed by atoms with E-state index in [1.165, 1.54) is 32.1 Å². The van der Waals surface area contributed by atoms with Gasteiger partial charge in [0.25, 0.3) is 0 Å². The summed E-state index contributed by atoms with van der Waals surface area (Å²) < 4.78 is 8.10. The lowest BCUT2D eigenvalue weighted by Crippen LogP contribution is -2.26. The van der Waals surface area contributed by atoms with Crippen LogP contribution in [0.2, 0.25) is 0 Å².